The van der Waals surface area contributed by atoms with Gasteiger partial charge in [-0.2, -0.15) is 0 Å². The van der Waals surface area contributed by atoms with Gasteiger partial charge in [-0.3, -0.25) is 14.5 Å². The van der Waals surface area contributed by atoms with Crippen LogP contribution in [0.15, 0.2) is 24.3 Å². The van der Waals surface area contributed by atoms with Gasteiger partial charge in [0, 0.05) is 6.54 Å². The molecule has 0 spiro atoms. The van der Waals surface area contributed by atoms with Crippen LogP contribution in [0.4, 0.5) is 0 Å². The average Bonchev–Trinajstić information content (AvgIpc) is 3.12. The number of hydrogen-bond acceptors (Lipinski definition) is 2. The number of carbonyl (C=O) groups is 2. The van der Waals surface area contributed by atoms with Gasteiger partial charge in [-0.25, -0.2) is 0 Å². The molecule has 2 amide bonds. The Kier molecular flexibility index (Phi) is 3.28. The first-order chi connectivity index (χ1) is 10.6. The standard InChI is InChI=1S/C19H25NO2/c1-19-10-9-14(12-19)15-16(19)18(22)20(17(15)21)11-5-8-13-6-3-2-4-7-13/h5,8-10,13-16H,2-4,6-7,11-12H2,1H3. The molecule has 1 aliphatic heterocycles. The van der Waals surface area contributed by atoms with Crippen LogP contribution in [0.5, 0.6) is 0 Å². The molecule has 1 saturated heterocycles. The molecule has 0 aromatic heterocycles. The summed E-state index contributed by atoms with van der Waals surface area (Å²) < 4.78 is 0. The van der Waals surface area contributed by atoms with Crippen LogP contribution >= 0.6 is 0 Å². The summed E-state index contributed by atoms with van der Waals surface area (Å²) in [6, 6.07) is 0. The summed E-state index contributed by atoms with van der Waals surface area (Å²) in [4.78, 5) is 26.9. The molecule has 118 valence electrons. The van der Waals surface area contributed by atoms with Crippen LogP contribution in [-0.2, 0) is 9.59 Å². The van der Waals surface area contributed by atoms with E-state index in [1.165, 1.54) is 37.0 Å². The third-order valence-electron chi connectivity index (χ3n) is 6.36. The summed E-state index contributed by atoms with van der Waals surface area (Å²) in [6.45, 7) is 2.62. The molecule has 2 bridgehead atoms. The first-order valence-electron chi connectivity index (χ1n) is 8.81. The van der Waals surface area contributed by atoms with E-state index >= 15 is 0 Å². The number of fused-ring (bicyclic) bond motifs is 5. The monoisotopic (exact) mass is 299 g/mol. The van der Waals surface area contributed by atoms with Gasteiger partial charge in [0.15, 0.2) is 0 Å². The van der Waals surface area contributed by atoms with Gasteiger partial charge in [0.2, 0.25) is 11.8 Å². The fourth-order valence-corrected chi connectivity index (χ4v) is 5.21. The fourth-order valence-electron chi connectivity index (χ4n) is 5.21. The van der Waals surface area contributed by atoms with Crippen LogP contribution in [-0.4, -0.2) is 23.3 Å². The largest absolute Gasteiger partial charge is 0.278 e. The highest BCUT2D eigenvalue weighted by atomic mass is 16.2. The molecule has 3 fully saturated rings. The first kappa shape index (κ1) is 14.2. The highest BCUT2D eigenvalue weighted by Gasteiger charge is 2.63. The normalized spacial score (nSPS) is 41.1. The minimum absolute atomic E-state index is 0.0673. The van der Waals surface area contributed by atoms with E-state index in [1.807, 2.05) is 0 Å². The predicted molar refractivity (Wildman–Crippen MR) is 84.8 cm³/mol. The minimum atomic E-state index is -0.0990. The van der Waals surface area contributed by atoms with Crippen molar-refractivity contribution in [1.29, 1.82) is 0 Å². The topological polar surface area (TPSA) is 37.4 Å². The number of imide groups is 1. The molecule has 4 aliphatic rings. The van der Waals surface area contributed by atoms with E-state index in [1.54, 1.807) is 0 Å². The molecule has 0 aromatic rings. The third kappa shape index (κ3) is 2.01. The third-order valence-corrected chi connectivity index (χ3v) is 6.36. The van der Waals surface area contributed by atoms with E-state index in [0.717, 1.165) is 6.42 Å². The first-order valence-corrected chi connectivity index (χ1v) is 8.81. The lowest BCUT2D eigenvalue weighted by molar-refractivity contribution is -0.140. The number of hydrogen-bond donors (Lipinski definition) is 0. The molecule has 0 aromatic carbocycles. The lowest BCUT2D eigenvalue weighted by Gasteiger charge is -2.25. The van der Waals surface area contributed by atoms with Crippen LogP contribution in [0.1, 0.15) is 45.4 Å². The summed E-state index contributed by atoms with van der Waals surface area (Å²) >= 11 is 0. The molecular formula is C19H25NO2. The minimum Gasteiger partial charge on any atom is -0.278 e. The van der Waals surface area contributed by atoms with Crippen molar-refractivity contribution < 1.29 is 9.59 Å². The van der Waals surface area contributed by atoms with E-state index in [-0.39, 0.29) is 29.1 Å². The van der Waals surface area contributed by atoms with Gasteiger partial charge in [0.05, 0.1) is 11.8 Å². The molecule has 4 rings (SSSR count). The molecule has 4 atom stereocenters. The van der Waals surface area contributed by atoms with Crippen molar-refractivity contribution in [1.82, 2.24) is 4.90 Å². The van der Waals surface area contributed by atoms with Crippen LogP contribution < -0.4 is 0 Å². The van der Waals surface area contributed by atoms with Gasteiger partial charge in [-0.05, 0) is 36.5 Å². The van der Waals surface area contributed by atoms with E-state index in [9.17, 15) is 9.59 Å². The highest BCUT2D eigenvalue weighted by molar-refractivity contribution is 6.06. The number of rotatable bonds is 3. The average molecular weight is 299 g/mol. The molecule has 3 heteroatoms. The lowest BCUT2D eigenvalue weighted by atomic mass is 9.76. The molecule has 0 N–H and O–H groups in total. The Balaban J connectivity index is 1.45. The predicted octanol–water partition coefficient (Wildman–Crippen LogP) is 3.32. The van der Waals surface area contributed by atoms with Crippen molar-refractivity contribution in [3.05, 3.63) is 24.3 Å². The second-order valence-electron chi connectivity index (χ2n) is 7.85. The van der Waals surface area contributed by atoms with Gasteiger partial charge in [-0.15, -0.1) is 0 Å². The maximum atomic E-state index is 12.7. The van der Waals surface area contributed by atoms with Crippen molar-refractivity contribution in [2.75, 3.05) is 6.54 Å². The summed E-state index contributed by atoms with van der Waals surface area (Å²) in [5.41, 5.74) is -0.0795. The van der Waals surface area contributed by atoms with Gasteiger partial charge in [0.25, 0.3) is 0 Å². The maximum Gasteiger partial charge on any atom is 0.234 e. The molecule has 3 nitrogen and oxygen atoms in total. The molecule has 3 aliphatic carbocycles. The zero-order valence-electron chi connectivity index (χ0n) is 13.3. The summed E-state index contributed by atoms with van der Waals surface area (Å²) in [5.74, 6) is 0.901. The Bertz CT molecular complexity index is 558. The van der Waals surface area contributed by atoms with Gasteiger partial charge in [0.1, 0.15) is 0 Å². The number of allylic oxidation sites excluding steroid dienone is 3. The van der Waals surface area contributed by atoms with Crippen molar-refractivity contribution in [3.8, 4) is 0 Å². The highest BCUT2D eigenvalue weighted by Crippen LogP contribution is 2.59. The molecular weight excluding hydrogens is 274 g/mol. The summed E-state index contributed by atoms with van der Waals surface area (Å²) in [5, 5.41) is 0. The molecule has 2 saturated carbocycles. The van der Waals surface area contributed by atoms with Gasteiger partial charge in [-0.1, -0.05) is 50.5 Å². The summed E-state index contributed by atoms with van der Waals surface area (Å²) in [6.07, 6.45) is 16.1. The lowest BCUT2D eigenvalue weighted by Crippen LogP contribution is -2.34. The zero-order chi connectivity index (χ0) is 15.3. The fraction of sp³-hybridized carbons (Fsp3) is 0.684. The smallest absolute Gasteiger partial charge is 0.234 e. The zero-order valence-corrected chi connectivity index (χ0v) is 13.3. The Labute approximate surface area is 132 Å². The van der Waals surface area contributed by atoms with Crippen LogP contribution in [0.25, 0.3) is 0 Å². The van der Waals surface area contributed by atoms with Crippen LogP contribution in [0.3, 0.4) is 0 Å². The second-order valence-corrected chi connectivity index (χ2v) is 7.85. The number of likely N-dealkylation sites (tertiary alicyclic amines) is 1. The van der Waals surface area contributed by atoms with Gasteiger partial charge < -0.3 is 0 Å². The maximum absolute atomic E-state index is 12.7. The second kappa shape index (κ2) is 5.07. The van der Waals surface area contributed by atoms with E-state index < -0.39 is 0 Å². The van der Waals surface area contributed by atoms with Crippen molar-refractivity contribution in [2.45, 2.75) is 45.4 Å². The number of nitrogens with zero attached hydrogens (tertiary/aromatic N) is 1. The van der Waals surface area contributed by atoms with Crippen LogP contribution in [0, 0.1) is 29.1 Å². The SMILES string of the molecule is CC12C=CC(C1)C1C(=O)N(CC=CC3CCCCC3)C(=O)C12. The van der Waals surface area contributed by atoms with E-state index in [0.29, 0.717) is 18.4 Å². The Hall–Kier alpha value is -1.38. The van der Waals surface area contributed by atoms with Crippen LogP contribution in [0.2, 0.25) is 0 Å². The van der Waals surface area contributed by atoms with E-state index in [4.69, 9.17) is 0 Å². The van der Waals surface area contributed by atoms with Crippen molar-refractivity contribution in [3.63, 3.8) is 0 Å². The molecule has 22 heavy (non-hydrogen) atoms. The quantitative estimate of drug-likeness (QED) is 0.592. The van der Waals surface area contributed by atoms with E-state index in [2.05, 4.69) is 31.2 Å². The van der Waals surface area contributed by atoms with Gasteiger partial charge >= 0.3 is 0 Å². The number of carbonyl (C=O) groups excluding carboxylic acids is 2. The van der Waals surface area contributed by atoms with Crippen molar-refractivity contribution in [2.24, 2.45) is 29.1 Å². The Morgan fingerprint density at radius 2 is 2.00 bits per heavy atom. The molecule has 0 radical (unpaired) electrons. The van der Waals surface area contributed by atoms with Crippen molar-refractivity contribution >= 4 is 11.8 Å². The Morgan fingerprint density at radius 1 is 1.23 bits per heavy atom. The Morgan fingerprint density at radius 3 is 2.73 bits per heavy atom. The number of amides is 2. The molecule has 4 unspecified atom stereocenters. The summed E-state index contributed by atoms with van der Waals surface area (Å²) in [7, 11) is 0. The molecule has 1 heterocycles.